The number of phenolic OH excluding ortho intramolecular Hbond substituents is 1. The van der Waals surface area contributed by atoms with Crippen LogP contribution in [-0.4, -0.2) is 36.5 Å². The van der Waals surface area contributed by atoms with Crippen molar-refractivity contribution in [2.24, 2.45) is 0 Å². The largest absolute Gasteiger partial charge is 0.504 e. The van der Waals surface area contributed by atoms with Crippen molar-refractivity contribution >= 4 is 34.0 Å². The number of fused-ring (bicyclic) bond motifs is 1. The number of Topliss-reactive ketones (excluding diaryl/α,β-unsaturated/α-hetero) is 1. The molecular weight excluding hydrogens is 504 g/mol. The third kappa shape index (κ3) is 4.60. The van der Waals surface area contributed by atoms with E-state index in [2.05, 4.69) is 10.6 Å². The lowest BCUT2D eigenvalue weighted by molar-refractivity contribution is -0.116. The number of methoxy groups -OCH3 is 1. The van der Waals surface area contributed by atoms with Crippen LogP contribution in [0.1, 0.15) is 78.2 Å². The number of ether oxygens (including phenoxy) is 2. The van der Waals surface area contributed by atoms with Crippen LogP contribution >= 0.6 is 11.3 Å². The molecule has 5 rings (SSSR count). The van der Waals surface area contributed by atoms with Gasteiger partial charge < -0.3 is 25.2 Å². The van der Waals surface area contributed by atoms with Gasteiger partial charge in [-0.15, -0.1) is 11.3 Å². The standard InChI is InChI=1S/C29H32N2O6S/c1-4-37-29(35)25-17-8-5-6-11-22(17)38-28(25)31-27(34)23-15(2)30-18-9-7-10-20(33)26(18)24(23)16-12-13-19(32)21(14-16)36-3/h12-14,24,30,32H,4-11H2,1-3H3,(H,31,34)/t24-/m0/s1. The number of hydrogen-bond donors (Lipinski definition) is 3. The van der Waals surface area contributed by atoms with Crippen molar-refractivity contribution in [3.05, 3.63) is 62.3 Å². The molecule has 2 aromatic rings. The summed E-state index contributed by atoms with van der Waals surface area (Å²) in [6, 6.07) is 4.90. The van der Waals surface area contributed by atoms with Crippen LogP contribution in [0.2, 0.25) is 0 Å². The van der Waals surface area contributed by atoms with E-state index in [0.29, 0.717) is 45.8 Å². The second-order valence-corrected chi connectivity index (χ2v) is 10.9. The molecule has 38 heavy (non-hydrogen) atoms. The van der Waals surface area contributed by atoms with Gasteiger partial charge in [0.2, 0.25) is 0 Å². The molecule has 8 nitrogen and oxygen atoms in total. The minimum atomic E-state index is -0.644. The summed E-state index contributed by atoms with van der Waals surface area (Å²) in [7, 11) is 1.46. The number of aromatic hydroxyl groups is 1. The quantitative estimate of drug-likeness (QED) is 0.439. The molecule has 1 amide bonds. The number of benzene rings is 1. The molecule has 1 aliphatic heterocycles. The molecule has 0 spiro atoms. The van der Waals surface area contributed by atoms with Crippen molar-refractivity contribution in [2.75, 3.05) is 19.0 Å². The highest BCUT2D eigenvalue weighted by Crippen LogP contribution is 2.45. The number of thiophene rings is 1. The second kappa shape index (κ2) is 10.6. The Hall–Kier alpha value is -3.59. The third-order valence-corrected chi connectivity index (χ3v) is 8.64. The normalized spacial score (nSPS) is 18.9. The Balaban J connectivity index is 1.58. The zero-order valence-corrected chi connectivity index (χ0v) is 22.7. The molecule has 2 heterocycles. The molecule has 9 heteroatoms. The number of phenols is 1. The number of carbonyl (C=O) groups is 3. The lowest BCUT2D eigenvalue weighted by atomic mass is 9.75. The first-order chi connectivity index (χ1) is 18.3. The van der Waals surface area contributed by atoms with Crippen LogP contribution in [0, 0.1) is 0 Å². The van der Waals surface area contributed by atoms with Crippen LogP contribution in [0.5, 0.6) is 11.5 Å². The number of aryl methyl sites for hydroxylation is 1. The Kier molecular flexibility index (Phi) is 7.29. The van der Waals surface area contributed by atoms with E-state index in [0.717, 1.165) is 48.2 Å². The number of rotatable bonds is 6. The summed E-state index contributed by atoms with van der Waals surface area (Å²) in [5.41, 5.74) is 4.51. The number of ketones is 1. The smallest absolute Gasteiger partial charge is 0.341 e. The zero-order valence-electron chi connectivity index (χ0n) is 21.9. The highest BCUT2D eigenvalue weighted by Gasteiger charge is 2.39. The average molecular weight is 537 g/mol. The highest BCUT2D eigenvalue weighted by molar-refractivity contribution is 7.17. The van der Waals surface area contributed by atoms with Crippen LogP contribution in [0.3, 0.4) is 0 Å². The Bertz CT molecular complexity index is 1390. The van der Waals surface area contributed by atoms with E-state index < -0.39 is 11.9 Å². The van der Waals surface area contributed by atoms with Gasteiger partial charge in [-0.3, -0.25) is 9.59 Å². The maximum absolute atomic E-state index is 14.0. The topological polar surface area (TPSA) is 114 Å². The van der Waals surface area contributed by atoms with E-state index >= 15 is 0 Å². The van der Waals surface area contributed by atoms with E-state index in [1.54, 1.807) is 19.1 Å². The van der Waals surface area contributed by atoms with Gasteiger partial charge in [-0.05, 0) is 75.6 Å². The summed E-state index contributed by atoms with van der Waals surface area (Å²) in [5, 5.41) is 17.0. The molecule has 0 radical (unpaired) electrons. The molecular formula is C29H32N2O6S. The summed E-state index contributed by atoms with van der Waals surface area (Å²) in [6.45, 7) is 3.84. The van der Waals surface area contributed by atoms with Crippen molar-refractivity contribution in [3.8, 4) is 11.5 Å². The first-order valence-corrected chi connectivity index (χ1v) is 13.9. The minimum absolute atomic E-state index is 0.00704. The van der Waals surface area contributed by atoms with Gasteiger partial charge in [-0.25, -0.2) is 4.79 Å². The van der Waals surface area contributed by atoms with Crippen molar-refractivity contribution in [3.63, 3.8) is 0 Å². The zero-order chi connectivity index (χ0) is 27.0. The Morgan fingerprint density at radius 1 is 1.16 bits per heavy atom. The molecule has 0 unspecified atom stereocenters. The maximum Gasteiger partial charge on any atom is 0.341 e. The number of hydrogen-bond acceptors (Lipinski definition) is 8. The first kappa shape index (κ1) is 26.0. The third-order valence-electron chi connectivity index (χ3n) is 7.44. The summed E-state index contributed by atoms with van der Waals surface area (Å²) >= 11 is 1.43. The summed E-state index contributed by atoms with van der Waals surface area (Å²) in [4.78, 5) is 41.3. The Labute approximate surface area is 225 Å². The number of allylic oxidation sites excluding steroid dienone is 3. The van der Waals surface area contributed by atoms with Crippen molar-refractivity contribution < 1.29 is 29.0 Å². The van der Waals surface area contributed by atoms with Gasteiger partial charge in [0, 0.05) is 39.8 Å². The first-order valence-electron chi connectivity index (χ1n) is 13.1. The molecule has 0 saturated heterocycles. The number of dihydropyridines is 1. The molecule has 2 aliphatic carbocycles. The fraction of sp³-hybridized carbons (Fsp3) is 0.414. The van der Waals surface area contributed by atoms with Crippen molar-refractivity contribution in [1.29, 1.82) is 0 Å². The second-order valence-electron chi connectivity index (χ2n) is 9.79. The predicted molar refractivity (Wildman–Crippen MR) is 145 cm³/mol. The van der Waals surface area contributed by atoms with E-state index in [9.17, 15) is 19.5 Å². The highest BCUT2D eigenvalue weighted by atomic mass is 32.1. The molecule has 1 atom stereocenters. The van der Waals surface area contributed by atoms with Crippen LogP contribution in [0.25, 0.3) is 0 Å². The van der Waals surface area contributed by atoms with Gasteiger partial charge in [-0.1, -0.05) is 6.07 Å². The maximum atomic E-state index is 14.0. The minimum Gasteiger partial charge on any atom is -0.504 e. The molecule has 200 valence electrons. The lowest BCUT2D eigenvalue weighted by Crippen LogP contribution is -2.35. The summed E-state index contributed by atoms with van der Waals surface area (Å²) < 4.78 is 10.7. The van der Waals surface area contributed by atoms with Gasteiger partial charge >= 0.3 is 5.97 Å². The monoisotopic (exact) mass is 536 g/mol. The van der Waals surface area contributed by atoms with Gasteiger partial charge in [-0.2, -0.15) is 0 Å². The number of anilines is 1. The number of amides is 1. The van der Waals surface area contributed by atoms with Crippen molar-refractivity contribution in [2.45, 2.75) is 64.7 Å². The van der Waals surface area contributed by atoms with Crippen LogP contribution in [0.4, 0.5) is 5.00 Å². The fourth-order valence-electron chi connectivity index (χ4n) is 5.74. The number of nitrogens with one attached hydrogen (secondary N) is 2. The van der Waals surface area contributed by atoms with Crippen LogP contribution in [0.15, 0.2) is 40.7 Å². The Morgan fingerprint density at radius 3 is 2.71 bits per heavy atom. The molecule has 1 aromatic carbocycles. The van der Waals surface area contributed by atoms with E-state index in [1.165, 1.54) is 24.5 Å². The fourth-order valence-corrected chi connectivity index (χ4v) is 7.01. The number of esters is 1. The predicted octanol–water partition coefficient (Wildman–Crippen LogP) is 5.12. The molecule has 0 saturated carbocycles. The molecule has 3 N–H and O–H groups in total. The Morgan fingerprint density at radius 2 is 1.95 bits per heavy atom. The summed E-state index contributed by atoms with van der Waals surface area (Å²) in [5.74, 6) is -1.23. The van der Waals surface area contributed by atoms with E-state index in [4.69, 9.17) is 9.47 Å². The van der Waals surface area contributed by atoms with Crippen LogP contribution in [-0.2, 0) is 27.2 Å². The van der Waals surface area contributed by atoms with Gasteiger partial charge in [0.25, 0.3) is 5.91 Å². The van der Waals surface area contributed by atoms with Crippen molar-refractivity contribution in [1.82, 2.24) is 5.32 Å². The van der Waals surface area contributed by atoms with Gasteiger partial charge in [0.15, 0.2) is 17.3 Å². The average Bonchev–Trinajstić information content (AvgIpc) is 3.26. The van der Waals surface area contributed by atoms with Crippen LogP contribution < -0.4 is 15.4 Å². The van der Waals surface area contributed by atoms with Gasteiger partial charge in [0.1, 0.15) is 5.00 Å². The SMILES string of the molecule is CCOC(=O)c1c(NC(=O)C2=C(C)NC3=C(C(=O)CCC3)[C@H]2c2ccc(O)c(OC)c2)sc2c1CCCC2. The lowest BCUT2D eigenvalue weighted by Gasteiger charge is -2.34. The van der Waals surface area contributed by atoms with E-state index in [1.807, 2.05) is 6.92 Å². The number of carbonyl (C=O) groups excluding carboxylic acids is 3. The molecule has 0 bridgehead atoms. The molecule has 3 aliphatic rings. The molecule has 0 fully saturated rings. The molecule has 1 aromatic heterocycles. The summed E-state index contributed by atoms with van der Waals surface area (Å²) in [6.07, 6.45) is 5.54. The van der Waals surface area contributed by atoms with Gasteiger partial charge in [0.05, 0.1) is 19.3 Å². The van der Waals surface area contributed by atoms with E-state index in [-0.39, 0.29) is 29.8 Å².